The highest BCUT2D eigenvalue weighted by molar-refractivity contribution is 6.07. The van der Waals surface area contributed by atoms with Crippen LogP contribution in [0.2, 0.25) is 0 Å². The summed E-state index contributed by atoms with van der Waals surface area (Å²) < 4.78 is 0. The molecule has 0 atom stereocenters. The summed E-state index contributed by atoms with van der Waals surface area (Å²) in [6, 6.07) is 18.5. The van der Waals surface area contributed by atoms with Crippen LogP contribution in [-0.4, -0.2) is 54.0 Å². The predicted molar refractivity (Wildman–Crippen MR) is 127 cm³/mol. The van der Waals surface area contributed by atoms with Crippen molar-refractivity contribution in [3.05, 3.63) is 66.5 Å². The minimum Gasteiger partial charge on any atom is -0.369 e. The van der Waals surface area contributed by atoms with Crippen LogP contribution < -0.4 is 10.2 Å². The van der Waals surface area contributed by atoms with Crippen molar-refractivity contribution in [3.63, 3.8) is 0 Å². The molecule has 0 saturated carbocycles. The number of amides is 1. The molecule has 2 N–H and O–H groups in total. The van der Waals surface area contributed by atoms with Crippen LogP contribution in [0.3, 0.4) is 0 Å². The van der Waals surface area contributed by atoms with Gasteiger partial charge in [-0.05, 0) is 49.9 Å². The van der Waals surface area contributed by atoms with Gasteiger partial charge in [-0.2, -0.15) is 0 Å². The van der Waals surface area contributed by atoms with Gasteiger partial charge in [0.1, 0.15) is 0 Å². The van der Waals surface area contributed by atoms with E-state index in [0.717, 1.165) is 54.0 Å². The highest BCUT2D eigenvalue weighted by Crippen LogP contribution is 2.25. The monoisotopic (exact) mass is 413 g/mol. The van der Waals surface area contributed by atoms with E-state index >= 15 is 0 Å². The van der Waals surface area contributed by atoms with Crippen molar-refractivity contribution in [2.45, 2.75) is 12.8 Å². The lowest BCUT2D eigenvalue weighted by atomic mass is 10.1. The summed E-state index contributed by atoms with van der Waals surface area (Å²) in [6.45, 7) is 4.24. The van der Waals surface area contributed by atoms with Gasteiger partial charge in [0.2, 0.25) is 5.91 Å². The van der Waals surface area contributed by atoms with Gasteiger partial charge in [0, 0.05) is 66.0 Å². The third kappa shape index (κ3) is 4.25. The van der Waals surface area contributed by atoms with Crippen molar-refractivity contribution in [3.8, 4) is 0 Å². The summed E-state index contributed by atoms with van der Waals surface area (Å²) in [7, 11) is 2.16. The van der Waals surface area contributed by atoms with Crippen LogP contribution >= 0.6 is 0 Å². The number of nitrogens with one attached hydrogen (secondary N) is 2. The van der Waals surface area contributed by atoms with Crippen LogP contribution in [0.1, 0.15) is 12.1 Å². The van der Waals surface area contributed by atoms with Gasteiger partial charge in [-0.25, -0.2) is 0 Å². The lowest BCUT2D eigenvalue weighted by Crippen LogP contribution is -2.44. The topological polar surface area (TPSA) is 64.3 Å². The van der Waals surface area contributed by atoms with E-state index in [9.17, 15) is 4.79 Å². The predicted octanol–water partition coefficient (Wildman–Crippen LogP) is 4.04. The van der Waals surface area contributed by atoms with Gasteiger partial charge < -0.3 is 20.1 Å². The first-order valence-electron chi connectivity index (χ1n) is 10.8. The minimum atomic E-state index is 0.00757. The van der Waals surface area contributed by atoms with Gasteiger partial charge in [-0.1, -0.05) is 18.2 Å². The van der Waals surface area contributed by atoms with Crippen molar-refractivity contribution in [1.29, 1.82) is 0 Å². The number of carbonyl (C=O) groups is 1. The van der Waals surface area contributed by atoms with Crippen LogP contribution in [0, 0.1) is 0 Å². The number of hydrogen-bond donors (Lipinski definition) is 2. The number of aryl methyl sites for hydroxylation is 1. The van der Waals surface area contributed by atoms with E-state index in [1.54, 1.807) is 0 Å². The molecule has 2 aromatic heterocycles. The van der Waals surface area contributed by atoms with Crippen LogP contribution in [-0.2, 0) is 11.2 Å². The second-order valence-corrected chi connectivity index (χ2v) is 8.28. The number of anilines is 2. The molecule has 6 heteroatoms. The summed E-state index contributed by atoms with van der Waals surface area (Å²) >= 11 is 0. The summed E-state index contributed by atoms with van der Waals surface area (Å²) in [4.78, 5) is 25.1. The Morgan fingerprint density at radius 3 is 2.58 bits per heavy atom. The average molecular weight is 414 g/mol. The minimum absolute atomic E-state index is 0.00757. The lowest BCUT2D eigenvalue weighted by Gasteiger charge is -2.34. The Morgan fingerprint density at radius 2 is 1.77 bits per heavy atom. The number of likely N-dealkylation sites (N-methyl/N-ethyl adjacent to an activating group) is 1. The summed E-state index contributed by atoms with van der Waals surface area (Å²) in [5, 5.41) is 5.35. The van der Waals surface area contributed by atoms with Gasteiger partial charge in [0.15, 0.2) is 0 Å². The average Bonchev–Trinajstić information content (AvgIpc) is 3.17. The Hall–Kier alpha value is -3.38. The van der Waals surface area contributed by atoms with Crippen LogP contribution in [0.5, 0.6) is 0 Å². The first kappa shape index (κ1) is 19.6. The fourth-order valence-corrected chi connectivity index (χ4v) is 4.22. The molecule has 2 aromatic carbocycles. The van der Waals surface area contributed by atoms with E-state index in [-0.39, 0.29) is 5.91 Å². The Balaban J connectivity index is 1.19. The van der Waals surface area contributed by atoms with Crippen molar-refractivity contribution >= 4 is 39.1 Å². The molecule has 1 aliphatic heterocycles. The molecule has 1 fully saturated rings. The number of aromatic amines is 1. The number of pyridine rings is 1. The number of nitrogens with zero attached hydrogens (tertiary/aromatic N) is 3. The number of H-pyrrole nitrogens is 1. The Bertz CT molecular complexity index is 1210. The fourth-order valence-electron chi connectivity index (χ4n) is 4.22. The van der Waals surface area contributed by atoms with Gasteiger partial charge in [-0.3, -0.25) is 9.78 Å². The van der Waals surface area contributed by atoms with Crippen molar-refractivity contribution < 1.29 is 4.79 Å². The Morgan fingerprint density at radius 1 is 1.00 bits per heavy atom. The van der Waals surface area contributed by atoms with Crippen LogP contribution in [0.4, 0.5) is 11.4 Å². The molecule has 0 unspecified atom stereocenters. The fraction of sp³-hybridized carbons (Fsp3) is 0.280. The van der Waals surface area contributed by atoms with Crippen molar-refractivity contribution in [2.75, 3.05) is 43.4 Å². The zero-order chi connectivity index (χ0) is 21.2. The first-order chi connectivity index (χ1) is 15.2. The normalized spacial score (nSPS) is 14.9. The molecule has 1 amide bonds. The molecule has 5 rings (SSSR count). The molecular weight excluding hydrogens is 386 g/mol. The van der Waals surface area contributed by atoms with Gasteiger partial charge >= 0.3 is 0 Å². The zero-order valence-electron chi connectivity index (χ0n) is 17.8. The molecule has 31 heavy (non-hydrogen) atoms. The summed E-state index contributed by atoms with van der Waals surface area (Å²) in [6.07, 6.45) is 2.88. The number of aromatic nitrogens is 2. The number of para-hydroxylation sites is 1. The van der Waals surface area contributed by atoms with E-state index in [1.807, 2.05) is 30.5 Å². The van der Waals surface area contributed by atoms with Crippen LogP contribution in [0.15, 0.2) is 60.8 Å². The standard InChI is InChI=1S/C25H27N5O/c1-29-12-14-30(15-13-29)20-9-6-18(7-10-20)27-25(31)11-8-19-16-22-21-4-2-3-5-23(21)28-24(22)17-26-19/h2-7,9-10,16-17,28H,8,11-15H2,1H3,(H,27,31). The molecule has 3 heterocycles. The maximum absolute atomic E-state index is 12.5. The highest BCUT2D eigenvalue weighted by Gasteiger charge is 2.14. The third-order valence-electron chi connectivity index (χ3n) is 6.07. The SMILES string of the molecule is CN1CCN(c2ccc(NC(=O)CCc3cc4c(cn3)[nH]c3ccccc34)cc2)CC1. The van der Waals surface area contributed by atoms with E-state index in [4.69, 9.17) is 0 Å². The number of benzene rings is 2. The number of carbonyl (C=O) groups excluding carboxylic acids is 1. The molecule has 0 radical (unpaired) electrons. The molecule has 0 bridgehead atoms. The van der Waals surface area contributed by atoms with E-state index in [2.05, 4.69) is 62.5 Å². The number of hydrogen-bond acceptors (Lipinski definition) is 4. The number of fused-ring (bicyclic) bond motifs is 3. The summed E-state index contributed by atoms with van der Waals surface area (Å²) in [5.74, 6) is 0.00757. The lowest BCUT2D eigenvalue weighted by molar-refractivity contribution is -0.116. The largest absolute Gasteiger partial charge is 0.369 e. The second kappa shape index (κ2) is 8.40. The van der Waals surface area contributed by atoms with E-state index < -0.39 is 0 Å². The molecule has 1 aliphatic rings. The first-order valence-corrected chi connectivity index (χ1v) is 10.8. The smallest absolute Gasteiger partial charge is 0.224 e. The van der Waals surface area contributed by atoms with Crippen LogP contribution in [0.25, 0.3) is 21.8 Å². The van der Waals surface area contributed by atoms with E-state index in [0.29, 0.717) is 12.8 Å². The van der Waals surface area contributed by atoms with Gasteiger partial charge in [0.05, 0.1) is 11.7 Å². The Labute approximate surface area is 181 Å². The number of piperazine rings is 1. The molecule has 1 saturated heterocycles. The molecular formula is C25H27N5O. The maximum Gasteiger partial charge on any atom is 0.224 e. The van der Waals surface area contributed by atoms with Gasteiger partial charge in [-0.15, -0.1) is 0 Å². The maximum atomic E-state index is 12.5. The van der Waals surface area contributed by atoms with Crippen molar-refractivity contribution in [1.82, 2.24) is 14.9 Å². The quantitative estimate of drug-likeness (QED) is 0.518. The Kier molecular flexibility index (Phi) is 5.30. The summed E-state index contributed by atoms with van der Waals surface area (Å²) in [5.41, 5.74) is 5.10. The molecule has 4 aromatic rings. The molecule has 6 nitrogen and oxygen atoms in total. The second-order valence-electron chi connectivity index (χ2n) is 8.28. The van der Waals surface area contributed by atoms with E-state index in [1.165, 1.54) is 11.1 Å². The highest BCUT2D eigenvalue weighted by atomic mass is 16.1. The molecule has 0 aliphatic carbocycles. The zero-order valence-corrected chi connectivity index (χ0v) is 17.8. The number of rotatable bonds is 5. The molecule has 158 valence electrons. The van der Waals surface area contributed by atoms with Gasteiger partial charge in [0.25, 0.3) is 0 Å². The third-order valence-corrected chi connectivity index (χ3v) is 6.07. The van der Waals surface area contributed by atoms with Crippen molar-refractivity contribution in [2.24, 2.45) is 0 Å². The molecule has 0 spiro atoms.